The van der Waals surface area contributed by atoms with Crippen molar-refractivity contribution in [1.29, 1.82) is 0 Å². The average Bonchev–Trinajstić information content (AvgIpc) is 3.27. The van der Waals surface area contributed by atoms with E-state index in [1.54, 1.807) is 34.1 Å². The third kappa shape index (κ3) is 11.1. The molecule has 0 aromatic heterocycles. The molecule has 0 saturated heterocycles. The zero-order valence-electron chi connectivity index (χ0n) is 34.4. The van der Waals surface area contributed by atoms with Gasteiger partial charge in [0, 0.05) is 26.2 Å². The van der Waals surface area contributed by atoms with Gasteiger partial charge in [0.1, 0.15) is 23.0 Å². The highest BCUT2D eigenvalue weighted by Crippen LogP contribution is 2.49. The molecule has 316 valence electrons. The number of benzene rings is 6. The van der Waals surface area contributed by atoms with Gasteiger partial charge in [0.25, 0.3) is 0 Å². The van der Waals surface area contributed by atoms with Crippen LogP contribution in [0.4, 0.5) is 0 Å². The number of ether oxygens (including phenoxy) is 2. The minimum Gasteiger partial charge on any atom is -0.481 e. The van der Waals surface area contributed by atoms with Crippen LogP contribution < -0.4 is 9.47 Å². The number of aliphatic carboxylic acids is 2. The number of carboxylic acid groups (broad SMARTS) is 2. The van der Waals surface area contributed by atoms with Gasteiger partial charge in [0.15, 0.2) is 0 Å². The van der Waals surface area contributed by atoms with Crippen LogP contribution in [-0.4, -0.2) is 56.9 Å². The Hall–Kier alpha value is -7.20. The van der Waals surface area contributed by atoms with Gasteiger partial charge in [-0.2, -0.15) is 0 Å². The first-order valence-corrected chi connectivity index (χ1v) is 21.0. The van der Waals surface area contributed by atoms with Crippen LogP contribution in [0.3, 0.4) is 0 Å². The molecule has 4 unspecified atom stereocenters. The van der Waals surface area contributed by atoms with Crippen molar-refractivity contribution in [2.75, 3.05) is 13.1 Å². The Morgan fingerprint density at radius 3 is 1.02 bits per heavy atom. The van der Waals surface area contributed by atoms with Crippen LogP contribution in [0.2, 0.25) is 0 Å². The van der Waals surface area contributed by atoms with E-state index in [1.165, 1.54) is 0 Å². The highest BCUT2D eigenvalue weighted by Gasteiger charge is 2.64. The summed E-state index contributed by atoms with van der Waals surface area (Å²) in [5.41, 5.74) is 3.70. The summed E-state index contributed by atoms with van der Waals surface area (Å²) in [5.74, 6) is -7.36. The number of amides is 2. The molecule has 1 aliphatic rings. The minimum atomic E-state index is -1.59. The molecule has 62 heavy (non-hydrogen) atoms. The van der Waals surface area contributed by atoms with E-state index in [2.05, 4.69) is 0 Å². The summed E-state index contributed by atoms with van der Waals surface area (Å²) in [4.78, 5) is 58.8. The van der Waals surface area contributed by atoms with E-state index in [1.807, 2.05) is 146 Å². The molecular formula is C52H50N2O8. The van der Waals surface area contributed by atoms with Crippen molar-refractivity contribution in [3.63, 3.8) is 0 Å². The molecule has 4 atom stereocenters. The maximum atomic E-state index is 14.9. The van der Waals surface area contributed by atoms with Gasteiger partial charge in [0.2, 0.25) is 11.8 Å². The fourth-order valence-corrected chi connectivity index (χ4v) is 8.19. The second-order valence-corrected chi connectivity index (χ2v) is 15.6. The SMILES string of the molecule is O=C(O)C1C(C(=O)O)C(C(=O)N(CCCc2ccccc2)Cc2ccc(Oc3ccccc3)cc2)C1C(=O)N(CCCc1ccccc1)Cc1ccc(Oc2ccccc2)cc1. The van der Waals surface area contributed by atoms with Gasteiger partial charge in [-0.1, -0.05) is 121 Å². The molecule has 10 heteroatoms. The van der Waals surface area contributed by atoms with Gasteiger partial charge in [-0.05, 0) is 96.5 Å². The topological polar surface area (TPSA) is 134 Å². The van der Waals surface area contributed by atoms with E-state index in [-0.39, 0.29) is 26.2 Å². The number of rotatable bonds is 20. The van der Waals surface area contributed by atoms with Crippen molar-refractivity contribution < 1.29 is 38.9 Å². The predicted molar refractivity (Wildman–Crippen MR) is 236 cm³/mol. The van der Waals surface area contributed by atoms with Crippen molar-refractivity contribution in [2.45, 2.75) is 38.8 Å². The maximum absolute atomic E-state index is 14.9. The van der Waals surface area contributed by atoms with Crippen LogP contribution in [0.1, 0.15) is 35.1 Å². The lowest BCUT2D eigenvalue weighted by molar-refractivity contribution is -0.187. The third-order valence-corrected chi connectivity index (χ3v) is 11.3. The van der Waals surface area contributed by atoms with Gasteiger partial charge in [-0.15, -0.1) is 0 Å². The van der Waals surface area contributed by atoms with E-state index < -0.39 is 47.4 Å². The molecule has 10 nitrogen and oxygen atoms in total. The second kappa shape index (κ2) is 20.9. The molecule has 0 radical (unpaired) electrons. The van der Waals surface area contributed by atoms with E-state index in [0.717, 1.165) is 22.3 Å². The Kier molecular flexibility index (Phi) is 14.4. The number of nitrogens with zero attached hydrogens (tertiary/aromatic N) is 2. The summed E-state index contributed by atoms with van der Waals surface area (Å²) in [6.07, 6.45) is 2.44. The lowest BCUT2D eigenvalue weighted by atomic mass is 9.55. The first-order chi connectivity index (χ1) is 30.2. The molecule has 6 aromatic rings. The Bertz CT molecular complexity index is 2210. The van der Waals surface area contributed by atoms with Crippen molar-refractivity contribution >= 4 is 23.8 Å². The number of carbonyl (C=O) groups is 4. The average molecular weight is 831 g/mol. The summed E-state index contributed by atoms with van der Waals surface area (Å²) in [5, 5.41) is 21.0. The minimum absolute atomic E-state index is 0.124. The zero-order chi connectivity index (χ0) is 43.3. The number of hydrogen-bond donors (Lipinski definition) is 2. The zero-order valence-corrected chi connectivity index (χ0v) is 34.4. The van der Waals surface area contributed by atoms with Gasteiger partial charge in [-0.3, -0.25) is 19.2 Å². The fraction of sp³-hybridized carbons (Fsp3) is 0.231. The fourth-order valence-electron chi connectivity index (χ4n) is 8.19. The summed E-state index contributed by atoms with van der Waals surface area (Å²) in [6, 6.07) is 53.0. The summed E-state index contributed by atoms with van der Waals surface area (Å²) in [6.45, 7) is 0.767. The van der Waals surface area contributed by atoms with E-state index in [9.17, 15) is 29.4 Å². The summed E-state index contributed by atoms with van der Waals surface area (Å²) in [7, 11) is 0. The standard InChI is InChI=1S/C52H50N2O8/c55-49(53(33-13-19-37-15-5-1-6-16-37)35-39-25-29-43(30-26-39)61-41-21-9-3-10-22-41)45-46(48(52(59)60)47(45)51(57)58)50(56)54(34-14-20-38-17-7-2-8-18-38)36-40-27-31-44(32-28-40)62-42-23-11-4-12-24-42/h1-12,15-18,21-32,45-48H,13-14,19-20,33-36H2,(H,57,58)(H,59,60). The molecule has 2 amide bonds. The number of hydrogen-bond acceptors (Lipinski definition) is 6. The van der Waals surface area contributed by atoms with Crippen LogP contribution in [-0.2, 0) is 45.1 Å². The Balaban J connectivity index is 1.15. The van der Waals surface area contributed by atoms with Crippen molar-refractivity contribution in [3.05, 3.63) is 192 Å². The molecule has 0 heterocycles. The molecule has 7 rings (SSSR count). The number of carbonyl (C=O) groups excluding carboxylic acids is 2. The number of carboxylic acids is 2. The third-order valence-electron chi connectivity index (χ3n) is 11.3. The van der Waals surface area contributed by atoms with E-state index in [4.69, 9.17) is 9.47 Å². The van der Waals surface area contributed by atoms with Gasteiger partial charge >= 0.3 is 11.9 Å². The van der Waals surface area contributed by atoms with Crippen LogP contribution in [0, 0.1) is 23.7 Å². The summed E-state index contributed by atoms with van der Waals surface area (Å²) >= 11 is 0. The van der Waals surface area contributed by atoms with Crippen molar-refractivity contribution in [1.82, 2.24) is 9.80 Å². The Morgan fingerprint density at radius 1 is 0.387 bits per heavy atom. The van der Waals surface area contributed by atoms with Gasteiger partial charge < -0.3 is 29.5 Å². The molecule has 0 bridgehead atoms. The normalized spacial score (nSPS) is 16.6. The first kappa shape index (κ1) is 42.9. The maximum Gasteiger partial charge on any atom is 0.308 e. The highest BCUT2D eigenvalue weighted by atomic mass is 16.5. The first-order valence-electron chi connectivity index (χ1n) is 21.0. The van der Waals surface area contributed by atoms with E-state index >= 15 is 0 Å². The molecular weight excluding hydrogens is 781 g/mol. The second-order valence-electron chi connectivity index (χ2n) is 15.6. The van der Waals surface area contributed by atoms with Crippen molar-refractivity contribution in [2.24, 2.45) is 23.7 Å². The lowest BCUT2D eigenvalue weighted by Gasteiger charge is -2.48. The van der Waals surface area contributed by atoms with Crippen molar-refractivity contribution in [3.8, 4) is 23.0 Å². The summed E-state index contributed by atoms with van der Waals surface area (Å²) < 4.78 is 12.0. The van der Waals surface area contributed by atoms with Gasteiger partial charge in [-0.25, -0.2) is 0 Å². The molecule has 1 saturated carbocycles. The number of para-hydroxylation sites is 2. The van der Waals surface area contributed by atoms with Crippen LogP contribution in [0.5, 0.6) is 23.0 Å². The highest BCUT2D eigenvalue weighted by molar-refractivity contribution is 5.99. The lowest BCUT2D eigenvalue weighted by Crippen LogP contribution is -2.64. The molecule has 0 spiro atoms. The van der Waals surface area contributed by atoms with Crippen LogP contribution in [0.25, 0.3) is 0 Å². The smallest absolute Gasteiger partial charge is 0.308 e. The predicted octanol–water partition coefficient (Wildman–Crippen LogP) is 9.54. The molecule has 1 fully saturated rings. The molecule has 0 aliphatic heterocycles. The monoisotopic (exact) mass is 830 g/mol. The quantitative estimate of drug-likeness (QED) is 0.0778. The number of aryl methyl sites for hydroxylation is 2. The molecule has 1 aliphatic carbocycles. The van der Waals surface area contributed by atoms with Crippen LogP contribution in [0.15, 0.2) is 170 Å². The molecule has 2 N–H and O–H groups in total. The Morgan fingerprint density at radius 2 is 0.694 bits per heavy atom. The van der Waals surface area contributed by atoms with Gasteiger partial charge in [0.05, 0.1) is 23.7 Å². The van der Waals surface area contributed by atoms with Crippen LogP contribution >= 0.6 is 0 Å². The largest absolute Gasteiger partial charge is 0.481 e. The molecule has 6 aromatic carbocycles. The van der Waals surface area contributed by atoms with E-state index in [0.29, 0.717) is 48.7 Å². The Labute approximate surface area is 362 Å².